The summed E-state index contributed by atoms with van der Waals surface area (Å²) in [6.45, 7) is 1.99. The lowest BCUT2D eigenvalue weighted by atomic mass is 10.2. The highest BCUT2D eigenvalue weighted by Gasteiger charge is 2.08. The summed E-state index contributed by atoms with van der Waals surface area (Å²) >= 11 is 0. The second kappa shape index (κ2) is 7.65. The molecule has 0 spiro atoms. The molecule has 3 rings (SSSR count). The Bertz CT molecular complexity index is 927. The molecule has 0 saturated heterocycles. The lowest BCUT2D eigenvalue weighted by Crippen LogP contribution is -2.12. The summed E-state index contributed by atoms with van der Waals surface area (Å²) in [5.41, 5.74) is 2.65. The summed E-state index contributed by atoms with van der Waals surface area (Å²) in [6, 6.07) is 14.8. The lowest BCUT2D eigenvalue weighted by molar-refractivity contribution is 0.102. The fraction of sp³-hybridized carbons (Fsp3) is 0.100. The van der Waals surface area contributed by atoms with Gasteiger partial charge in [0.15, 0.2) is 0 Å². The Morgan fingerprint density at radius 2 is 1.96 bits per heavy atom. The van der Waals surface area contributed by atoms with Crippen LogP contribution in [0.4, 0.5) is 21.6 Å². The number of amides is 1. The Kier molecular flexibility index (Phi) is 5.12. The van der Waals surface area contributed by atoms with E-state index < -0.39 is 11.7 Å². The SMILES string of the molecule is COc1ccc(C)cc1Nc1ccc(NC(=O)c2cccc(F)c2)cn1. The number of aryl methyl sites for hydroxylation is 1. The molecule has 26 heavy (non-hydrogen) atoms. The topological polar surface area (TPSA) is 63.2 Å². The van der Waals surface area contributed by atoms with Gasteiger partial charge in [0, 0.05) is 5.56 Å². The molecule has 132 valence electrons. The molecule has 0 saturated carbocycles. The summed E-state index contributed by atoms with van der Waals surface area (Å²) in [5, 5.41) is 5.87. The Morgan fingerprint density at radius 3 is 2.65 bits per heavy atom. The average Bonchev–Trinajstić information content (AvgIpc) is 2.63. The first-order chi connectivity index (χ1) is 12.5. The summed E-state index contributed by atoms with van der Waals surface area (Å²) in [7, 11) is 1.61. The first kappa shape index (κ1) is 17.4. The number of nitrogens with zero attached hydrogens (tertiary/aromatic N) is 1. The summed E-state index contributed by atoms with van der Waals surface area (Å²) < 4.78 is 18.5. The van der Waals surface area contributed by atoms with Crippen LogP contribution in [0.5, 0.6) is 5.75 Å². The fourth-order valence-electron chi connectivity index (χ4n) is 2.43. The number of halogens is 1. The maximum absolute atomic E-state index is 13.2. The van der Waals surface area contributed by atoms with Gasteiger partial charge < -0.3 is 15.4 Å². The zero-order valence-corrected chi connectivity index (χ0v) is 14.4. The van der Waals surface area contributed by atoms with Gasteiger partial charge in [0.25, 0.3) is 5.91 Å². The monoisotopic (exact) mass is 351 g/mol. The second-order valence-electron chi connectivity index (χ2n) is 5.73. The number of carbonyl (C=O) groups excluding carboxylic acids is 1. The number of anilines is 3. The van der Waals surface area contributed by atoms with Gasteiger partial charge in [0.2, 0.25) is 0 Å². The summed E-state index contributed by atoms with van der Waals surface area (Å²) in [4.78, 5) is 16.4. The molecule has 0 aliphatic carbocycles. The molecular formula is C20H18FN3O2. The Labute approximate surface area is 150 Å². The van der Waals surface area contributed by atoms with E-state index in [9.17, 15) is 9.18 Å². The minimum absolute atomic E-state index is 0.247. The van der Waals surface area contributed by atoms with Crippen LogP contribution in [0.25, 0.3) is 0 Å². The van der Waals surface area contributed by atoms with Crippen LogP contribution in [-0.4, -0.2) is 18.0 Å². The third kappa shape index (κ3) is 4.16. The number of nitrogens with one attached hydrogen (secondary N) is 2. The average molecular weight is 351 g/mol. The molecule has 0 unspecified atom stereocenters. The van der Waals surface area contributed by atoms with Crippen LogP contribution in [0.1, 0.15) is 15.9 Å². The number of rotatable bonds is 5. The smallest absolute Gasteiger partial charge is 0.255 e. The van der Waals surface area contributed by atoms with Gasteiger partial charge in [-0.3, -0.25) is 4.79 Å². The van der Waals surface area contributed by atoms with E-state index in [2.05, 4.69) is 15.6 Å². The van der Waals surface area contributed by atoms with E-state index in [-0.39, 0.29) is 5.56 Å². The number of methoxy groups -OCH3 is 1. The van der Waals surface area contributed by atoms with E-state index in [0.717, 1.165) is 11.3 Å². The number of carbonyl (C=O) groups is 1. The van der Waals surface area contributed by atoms with E-state index >= 15 is 0 Å². The van der Waals surface area contributed by atoms with E-state index in [4.69, 9.17) is 4.74 Å². The van der Waals surface area contributed by atoms with Gasteiger partial charge in [-0.1, -0.05) is 12.1 Å². The minimum atomic E-state index is -0.456. The van der Waals surface area contributed by atoms with Crippen molar-refractivity contribution in [1.29, 1.82) is 0 Å². The maximum Gasteiger partial charge on any atom is 0.255 e. The molecule has 1 heterocycles. The molecule has 3 aromatic rings. The number of benzene rings is 2. The summed E-state index contributed by atoms with van der Waals surface area (Å²) in [5.74, 6) is 0.466. The molecule has 0 fully saturated rings. The second-order valence-corrected chi connectivity index (χ2v) is 5.73. The molecule has 2 aromatic carbocycles. The van der Waals surface area contributed by atoms with Crippen molar-refractivity contribution >= 4 is 23.1 Å². The first-order valence-corrected chi connectivity index (χ1v) is 8.00. The number of hydrogen-bond donors (Lipinski definition) is 2. The molecular weight excluding hydrogens is 333 g/mol. The van der Waals surface area contributed by atoms with Crippen LogP contribution >= 0.6 is 0 Å². The van der Waals surface area contributed by atoms with Crippen LogP contribution in [0.2, 0.25) is 0 Å². The number of aromatic nitrogens is 1. The van der Waals surface area contributed by atoms with E-state index in [1.807, 2.05) is 25.1 Å². The predicted octanol–water partition coefficient (Wildman–Crippen LogP) is 4.53. The van der Waals surface area contributed by atoms with Gasteiger partial charge in [-0.15, -0.1) is 0 Å². The third-order valence-electron chi connectivity index (χ3n) is 3.73. The van der Waals surface area contributed by atoms with Gasteiger partial charge >= 0.3 is 0 Å². The lowest BCUT2D eigenvalue weighted by Gasteiger charge is -2.12. The molecule has 0 aliphatic rings. The molecule has 5 nitrogen and oxygen atoms in total. The van der Waals surface area contributed by atoms with Crippen molar-refractivity contribution in [3.05, 3.63) is 77.7 Å². The Morgan fingerprint density at radius 1 is 1.12 bits per heavy atom. The number of pyridine rings is 1. The van der Waals surface area contributed by atoms with Crippen LogP contribution in [0.3, 0.4) is 0 Å². The van der Waals surface area contributed by atoms with Crippen molar-refractivity contribution in [1.82, 2.24) is 4.98 Å². The quantitative estimate of drug-likeness (QED) is 0.709. The number of ether oxygens (including phenoxy) is 1. The predicted molar refractivity (Wildman–Crippen MR) is 99.6 cm³/mol. The zero-order valence-electron chi connectivity index (χ0n) is 14.4. The molecule has 0 atom stereocenters. The molecule has 1 amide bonds. The van der Waals surface area contributed by atoms with Crippen molar-refractivity contribution in [3.8, 4) is 5.75 Å². The maximum atomic E-state index is 13.2. The van der Waals surface area contributed by atoms with Gasteiger partial charge in [-0.05, 0) is 55.0 Å². The van der Waals surface area contributed by atoms with Crippen LogP contribution < -0.4 is 15.4 Å². The van der Waals surface area contributed by atoms with Crippen molar-refractivity contribution in [2.24, 2.45) is 0 Å². The highest BCUT2D eigenvalue weighted by Crippen LogP contribution is 2.28. The normalized spacial score (nSPS) is 10.3. The van der Waals surface area contributed by atoms with Crippen LogP contribution in [-0.2, 0) is 0 Å². The van der Waals surface area contributed by atoms with E-state index in [1.165, 1.54) is 24.4 Å². The van der Waals surface area contributed by atoms with E-state index in [0.29, 0.717) is 17.3 Å². The van der Waals surface area contributed by atoms with Crippen molar-refractivity contribution in [2.75, 3.05) is 17.7 Å². The molecule has 1 aromatic heterocycles. The van der Waals surface area contributed by atoms with Crippen molar-refractivity contribution in [2.45, 2.75) is 6.92 Å². The minimum Gasteiger partial charge on any atom is -0.495 e. The largest absolute Gasteiger partial charge is 0.495 e. The standard InChI is InChI=1S/C20H18FN3O2/c1-13-6-8-18(26-2)17(10-13)24-19-9-7-16(12-22-19)23-20(25)14-4-3-5-15(21)11-14/h3-12H,1-2H3,(H,22,24)(H,23,25). The van der Waals surface area contributed by atoms with E-state index in [1.54, 1.807) is 25.3 Å². The summed E-state index contributed by atoms with van der Waals surface area (Å²) in [6.07, 6.45) is 1.53. The Balaban J connectivity index is 1.71. The third-order valence-corrected chi connectivity index (χ3v) is 3.73. The van der Waals surface area contributed by atoms with Gasteiger partial charge in [0.05, 0.1) is 24.7 Å². The van der Waals surface area contributed by atoms with Gasteiger partial charge in [0.1, 0.15) is 17.4 Å². The highest BCUT2D eigenvalue weighted by molar-refractivity contribution is 6.04. The van der Waals surface area contributed by atoms with Crippen molar-refractivity contribution < 1.29 is 13.9 Å². The number of hydrogen-bond acceptors (Lipinski definition) is 4. The van der Waals surface area contributed by atoms with Crippen LogP contribution in [0, 0.1) is 12.7 Å². The molecule has 6 heteroatoms. The molecule has 0 aliphatic heterocycles. The fourth-order valence-corrected chi connectivity index (χ4v) is 2.43. The highest BCUT2D eigenvalue weighted by atomic mass is 19.1. The molecule has 0 bridgehead atoms. The van der Waals surface area contributed by atoms with Crippen LogP contribution in [0.15, 0.2) is 60.8 Å². The van der Waals surface area contributed by atoms with Gasteiger partial charge in [-0.2, -0.15) is 0 Å². The zero-order chi connectivity index (χ0) is 18.5. The van der Waals surface area contributed by atoms with Crippen molar-refractivity contribution in [3.63, 3.8) is 0 Å². The molecule has 0 radical (unpaired) electrons. The molecule has 2 N–H and O–H groups in total. The first-order valence-electron chi connectivity index (χ1n) is 8.00. The van der Waals surface area contributed by atoms with Gasteiger partial charge in [-0.25, -0.2) is 9.37 Å². The Hall–Kier alpha value is -3.41.